The number of carboxylic acid groups (broad SMARTS) is 2. The van der Waals surface area contributed by atoms with E-state index >= 15 is 0 Å². The molecule has 0 spiro atoms. The summed E-state index contributed by atoms with van der Waals surface area (Å²) < 4.78 is 0. The van der Waals surface area contributed by atoms with Gasteiger partial charge in [-0.25, -0.2) is 9.59 Å². The number of benzene rings is 1. The van der Waals surface area contributed by atoms with Crippen LogP contribution < -0.4 is 0 Å². The quantitative estimate of drug-likeness (QED) is 0.392. The lowest BCUT2D eigenvalue weighted by molar-refractivity contribution is 0.0650. The number of aryl methyl sites for hydroxylation is 1. The zero-order chi connectivity index (χ0) is 19.4. The van der Waals surface area contributed by atoms with Crippen molar-refractivity contribution >= 4 is 11.9 Å². The second-order valence-corrected chi connectivity index (χ2v) is 7.06. The molecule has 0 atom stereocenters. The summed E-state index contributed by atoms with van der Waals surface area (Å²) in [6, 6.07) is 3.29. The van der Waals surface area contributed by atoms with Crippen LogP contribution in [0.25, 0.3) is 0 Å². The topological polar surface area (TPSA) is 74.6 Å². The molecule has 1 rings (SSSR count). The first-order valence-electron chi connectivity index (χ1n) is 10.1. The third kappa shape index (κ3) is 7.19. The average Bonchev–Trinajstić information content (AvgIpc) is 2.61. The Morgan fingerprint density at radius 1 is 0.731 bits per heavy atom. The Kier molecular flexibility index (Phi) is 10.7. The minimum absolute atomic E-state index is 0.000880. The zero-order valence-corrected chi connectivity index (χ0v) is 16.4. The summed E-state index contributed by atoms with van der Waals surface area (Å²) in [5.74, 6) is -2.29. The van der Waals surface area contributed by atoms with Crippen LogP contribution in [0.3, 0.4) is 0 Å². The van der Waals surface area contributed by atoms with Crippen LogP contribution >= 0.6 is 0 Å². The van der Waals surface area contributed by atoms with Crippen LogP contribution in [0.1, 0.15) is 110 Å². The van der Waals surface area contributed by atoms with Crippen molar-refractivity contribution in [3.8, 4) is 0 Å². The van der Waals surface area contributed by atoms with Crippen molar-refractivity contribution in [1.82, 2.24) is 0 Å². The summed E-state index contributed by atoms with van der Waals surface area (Å²) >= 11 is 0. The van der Waals surface area contributed by atoms with Crippen LogP contribution in [-0.2, 0) is 12.8 Å². The van der Waals surface area contributed by atoms with Crippen molar-refractivity contribution < 1.29 is 19.8 Å². The summed E-state index contributed by atoms with van der Waals surface area (Å²) in [4.78, 5) is 23.3. The molecule has 0 aliphatic carbocycles. The van der Waals surface area contributed by atoms with Gasteiger partial charge in [-0.05, 0) is 42.9 Å². The molecule has 0 aliphatic heterocycles. The summed E-state index contributed by atoms with van der Waals surface area (Å²) in [6.45, 7) is 4.34. The number of unbranched alkanes of at least 4 members (excludes halogenated alkanes) is 8. The molecule has 0 amide bonds. The number of carbonyl (C=O) groups is 2. The molecule has 0 heterocycles. The summed E-state index contributed by atoms with van der Waals surface area (Å²) in [7, 11) is 0. The molecule has 0 saturated heterocycles. The van der Waals surface area contributed by atoms with E-state index in [0.717, 1.165) is 56.1 Å². The molecule has 0 unspecified atom stereocenters. The summed E-state index contributed by atoms with van der Waals surface area (Å²) in [5.41, 5.74) is 1.66. The Bertz CT molecular complexity index is 578. The zero-order valence-electron chi connectivity index (χ0n) is 16.4. The van der Waals surface area contributed by atoms with Crippen LogP contribution in [0.5, 0.6) is 0 Å². The number of aromatic carboxylic acids is 2. The summed E-state index contributed by atoms with van der Waals surface area (Å²) in [6.07, 6.45) is 12.7. The van der Waals surface area contributed by atoms with Crippen LogP contribution in [0.15, 0.2) is 12.1 Å². The van der Waals surface area contributed by atoms with E-state index in [4.69, 9.17) is 0 Å². The highest BCUT2D eigenvalue weighted by Crippen LogP contribution is 2.25. The smallest absolute Gasteiger partial charge is 0.336 e. The van der Waals surface area contributed by atoms with Gasteiger partial charge in [0.05, 0.1) is 11.1 Å². The standard InChI is InChI=1S/C22H34O4/c1-3-5-7-9-10-12-14-18-17(13-11-8-6-4-2)15-16-19(21(23)24)20(18)22(25)26/h15-16H,3-14H2,1-2H3,(H,23,24)(H,25,26). The predicted octanol–water partition coefficient (Wildman–Crippen LogP) is 6.11. The van der Waals surface area contributed by atoms with Gasteiger partial charge in [0.25, 0.3) is 0 Å². The van der Waals surface area contributed by atoms with Crippen molar-refractivity contribution in [2.45, 2.75) is 90.9 Å². The van der Waals surface area contributed by atoms with Crippen LogP contribution in [0.4, 0.5) is 0 Å². The molecule has 26 heavy (non-hydrogen) atoms. The monoisotopic (exact) mass is 362 g/mol. The van der Waals surface area contributed by atoms with E-state index in [1.54, 1.807) is 0 Å². The molecule has 2 N–H and O–H groups in total. The van der Waals surface area contributed by atoms with Crippen molar-refractivity contribution in [2.75, 3.05) is 0 Å². The second-order valence-electron chi connectivity index (χ2n) is 7.06. The first-order chi connectivity index (χ1) is 12.5. The van der Waals surface area contributed by atoms with Gasteiger partial charge < -0.3 is 10.2 Å². The lowest BCUT2D eigenvalue weighted by atomic mass is 9.89. The molecule has 0 aliphatic rings. The molecule has 0 fully saturated rings. The van der Waals surface area contributed by atoms with E-state index in [-0.39, 0.29) is 11.1 Å². The molecule has 0 saturated carbocycles. The lowest BCUT2D eigenvalue weighted by Gasteiger charge is -2.15. The number of carboxylic acids is 2. The fourth-order valence-electron chi connectivity index (χ4n) is 3.46. The number of hydrogen-bond acceptors (Lipinski definition) is 2. The fourth-order valence-corrected chi connectivity index (χ4v) is 3.46. The van der Waals surface area contributed by atoms with Gasteiger partial charge in [-0.1, -0.05) is 71.3 Å². The molecule has 4 heteroatoms. The number of rotatable bonds is 14. The van der Waals surface area contributed by atoms with E-state index in [1.165, 1.54) is 31.7 Å². The molecule has 0 bridgehead atoms. The van der Waals surface area contributed by atoms with Gasteiger partial charge in [0, 0.05) is 0 Å². The van der Waals surface area contributed by atoms with Gasteiger partial charge in [0.2, 0.25) is 0 Å². The highest BCUT2D eigenvalue weighted by molar-refractivity contribution is 6.03. The van der Waals surface area contributed by atoms with Gasteiger partial charge in [0.1, 0.15) is 0 Å². The van der Waals surface area contributed by atoms with E-state index in [2.05, 4.69) is 13.8 Å². The van der Waals surface area contributed by atoms with Crippen LogP contribution in [0, 0.1) is 0 Å². The number of hydrogen-bond donors (Lipinski definition) is 2. The van der Waals surface area contributed by atoms with E-state index in [0.29, 0.717) is 6.42 Å². The Labute approximate surface area is 157 Å². The summed E-state index contributed by atoms with van der Waals surface area (Å²) in [5, 5.41) is 19.0. The Morgan fingerprint density at radius 3 is 1.85 bits per heavy atom. The minimum atomic E-state index is -1.16. The highest BCUT2D eigenvalue weighted by atomic mass is 16.4. The van der Waals surface area contributed by atoms with Gasteiger partial charge in [0.15, 0.2) is 0 Å². The molecular formula is C22H34O4. The van der Waals surface area contributed by atoms with Crippen molar-refractivity contribution in [3.63, 3.8) is 0 Å². The Balaban J connectivity index is 2.95. The van der Waals surface area contributed by atoms with Crippen molar-refractivity contribution in [2.24, 2.45) is 0 Å². The predicted molar refractivity (Wildman–Crippen MR) is 105 cm³/mol. The normalized spacial score (nSPS) is 10.8. The van der Waals surface area contributed by atoms with Gasteiger partial charge in [-0.15, -0.1) is 0 Å². The van der Waals surface area contributed by atoms with Crippen LogP contribution in [0.2, 0.25) is 0 Å². The van der Waals surface area contributed by atoms with Gasteiger partial charge in [-0.2, -0.15) is 0 Å². The third-order valence-electron chi connectivity index (χ3n) is 4.93. The van der Waals surface area contributed by atoms with Gasteiger partial charge >= 0.3 is 11.9 Å². The largest absolute Gasteiger partial charge is 0.478 e. The Morgan fingerprint density at radius 2 is 1.27 bits per heavy atom. The molecular weight excluding hydrogens is 328 g/mol. The first-order valence-corrected chi connectivity index (χ1v) is 10.1. The van der Waals surface area contributed by atoms with Crippen molar-refractivity contribution in [3.05, 3.63) is 34.4 Å². The molecule has 4 nitrogen and oxygen atoms in total. The minimum Gasteiger partial charge on any atom is -0.478 e. The maximum absolute atomic E-state index is 11.8. The third-order valence-corrected chi connectivity index (χ3v) is 4.93. The van der Waals surface area contributed by atoms with Crippen molar-refractivity contribution in [1.29, 1.82) is 0 Å². The Hall–Kier alpha value is -1.84. The molecule has 1 aromatic carbocycles. The molecule has 0 radical (unpaired) electrons. The molecule has 1 aromatic rings. The molecule has 146 valence electrons. The van der Waals surface area contributed by atoms with E-state index < -0.39 is 11.9 Å². The lowest BCUT2D eigenvalue weighted by Crippen LogP contribution is -2.14. The maximum atomic E-state index is 11.8. The maximum Gasteiger partial charge on any atom is 0.336 e. The molecule has 0 aromatic heterocycles. The van der Waals surface area contributed by atoms with Gasteiger partial charge in [-0.3, -0.25) is 0 Å². The fraction of sp³-hybridized carbons (Fsp3) is 0.636. The van der Waals surface area contributed by atoms with E-state index in [9.17, 15) is 19.8 Å². The second kappa shape index (κ2) is 12.5. The average molecular weight is 363 g/mol. The van der Waals surface area contributed by atoms with Crippen LogP contribution in [-0.4, -0.2) is 22.2 Å². The first kappa shape index (κ1) is 22.2. The van der Waals surface area contributed by atoms with E-state index in [1.807, 2.05) is 6.07 Å². The highest BCUT2D eigenvalue weighted by Gasteiger charge is 2.22. The SMILES string of the molecule is CCCCCCCCc1c(CCCCCC)ccc(C(=O)O)c1C(=O)O.